The summed E-state index contributed by atoms with van der Waals surface area (Å²) >= 11 is 11.8. The predicted molar refractivity (Wildman–Crippen MR) is 94.6 cm³/mol. The summed E-state index contributed by atoms with van der Waals surface area (Å²) < 4.78 is 5.03. The highest BCUT2D eigenvalue weighted by molar-refractivity contribution is 6.35. The maximum atomic E-state index is 12.3. The average molecular weight is 378 g/mol. The van der Waals surface area contributed by atoms with E-state index in [4.69, 9.17) is 27.9 Å². The Morgan fingerprint density at radius 1 is 1.16 bits per heavy atom. The van der Waals surface area contributed by atoms with E-state index in [0.29, 0.717) is 16.3 Å². The van der Waals surface area contributed by atoms with Crippen molar-refractivity contribution >= 4 is 46.5 Å². The summed E-state index contributed by atoms with van der Waals surface area (Å²) in [5.41, 5.74) is 1.91. The first-order chi connectivity index (χ1) is 11.9. The van der Waals surface area contributed by atoms with Crippen LogP contribution in [0.3, 0.4) is 0 Å². The van der Waals surface area contributed by atoms with E-state index in [1.54, 1.807) is 31.2 Å². The van der Waals surface area contributed by atoms with Gasteiger partial charge >= 0.3 is 5.97 Å². The molecule has 0 saturated heterocycles. The van der Waals surface area contributed by atoms with Crippen molar-refractivity contribution in [2.45, 2.75) is 12.8 Å². The van der Waals surface area contributed by atoms with Gasteiger partial charge in [0.05, 0.1) is 16.5 Å². The molecule has 0 radical (unpaired) electrons. The van der Waals surface area contributed by atoms with Gasteiger partial charge < -0.3 is 10.1 Å². The van der Waals surface area contributed by atoms with Crippen molar-refractivity contribution in [3.8, 4) is 0 Å². The summed E-state index contributed by atoms with van der Waals surface area (Å²) in [5, 5.41) is 3.27. The Bertz CT molecular complexity index is 895. The van der Waals surface area contributed by atoms with Gasteiger partial charge in [-0.2, -0.15) is 0 Å². The average Bonchev–Trinajstić information content (AvgIpc) is 2.88. The number of halogens is 2. The van der Waals surface area contributed by atoms with E-state index in [-0.39, 0.29) is 28.2 Å². The van der Waals surface area contributed by atoms with E-state index < -0.39 is 12.6 Å². The summed E-state index contributed by atoms with van der Waals surface area (Å²) in [6.07, 6.45) is 0. The number of benzene rings is 2. The Hall–Kier alpha value is -2.37. The molecule has 3 rings (SSSR count). The van der Waals surface area contributed by atoms with E-state index in [1.807, 2.05) is 0 Å². The molecule has 0 spiro atoms. The molecule has 2 aromatic rings. The number of ether oxygens (including phenoxy) is 1. The van der Waals surface area contributed by atoms with Crippen LogP contribution in [0, 0.1) is 0 Å². The highest BCUT2D eigenvalue weighted by Gasteiger charge is 2.27. The number of Topliss-reactive ketones (excluding diaryl/α,β-unsaturated/α-hetero) is 1. The SMILES string of the molecule is C[C@H]1C(=O)Nc2ccc(C(=O)COC(=O)c3cc(Cl)ccc3Cl)cc21. The minimum Gasteiger partial charge on any atom is -0.454 e. The highest BCUT2D eigenvalue weighted by Crippen LogP contribution is 2.32. The zero-order valence-electron chi connectivity index (χ0n) is 13.1. The van der Waals surface area contributed by atoms with Crippen molar-refractivity contribution in [1.82, 2.24) is 0 Å². The lowest BCUT2D eigenvalue weighted by atomic mass is 9.99. The lowest BCUT2D eigenvalue weighted by Gasteiger charge is -2.08. The molecule has 1 N–H and O–H groups in total. The van der Waals surface area contributed by atoms with Gasteiger partial charge in [-0.1, -0.05) is 23.2 Å². The van der Waals surface area contributed by atoms with Gasteiger partial charge in [-0.25, -0.2) is 4.79 Å². The molecular formula is C18H13Cl2NO4. The number of carbonyl (C=O) groups is 3. The van der Waals surface area contributed by atoms with Crippen LogP contribution in [0.4, 0.5) is 5.69 Å². The zero-order valence-corrected chi connectivity index (χ0v) is 14.6. The monoisotopic (exact) mass is 377 g/mol. The molecule has 5 nitrogen and oxygen atoms in total. The normalized spacial score (nSPS) is 15.5. The third kappa shape index (κ3) is 3.52. The first-order valence-corrected chi connectivity index (χ1v) is 8.22. The van der Waals surface area contributed by atoms with Gasteiger partial charge in [-0.05, 0) is 48.9 Å². The van der Waals surface area contributed by atoms with Crippen LogP contribution in [0.1, 0.15) is 39.1 Å². The second-order valence-corrected chi connectivity index (χ2v) is 6.48. The Balaban J connectivity index is 1.70. The molecule has 25 heavy (non-hydrogen) atoms. The number of anilines is 1. The van der Waals surface area contributed by atoms with Crippen molar-refractivity contribution in [1.29, 1.82) is 0 Å². The summed E-state index contributed by atoms with van der Waals surface area (Å²) in [6.45, 7) is 1.33. The number of nitrogens with one attached hydrogen (secondary N) is 1. The van der Waals surface area contributed by atoms with Crippen molar-refractivity contribution in [3.05, 3.63) is 63.1 Å². The van der Waals surface area contributed by atoms with Crippen LogP contribution in [-0.2, 0) is 9.53 Å². The fourth-order valence-corrected chi connectivity index (χ4v) is 2.90. The number of carbonyl (C=O) groups excluding carboxylic acids is 3. The minimum atomic E-state index is -0.729. The van der Waals surface area contributed by atoms with Gasteiger partial charge in [0.15, 0.2) is 12.4 Å². The number of amides is 1. The van der Waals surface area contributed by atoms with E-state index in [9.17, 15) is 14.4 Å². The Morgan fingerprint density at radius 3 is 2.68 bits per heavy atom. The molecule has 1 atom stereocenters. The summed E-state index contributed by atoms with van der Waals surface area (Å²) in [4.78, 5) is 36.0. The lowest BCUT2D eigenvalue weighted by Crippen LogP contribution is -2.15. The minimum absolute atomic E-state index is 0.0966. The molecule has 1 aliphatic rings. The number of ketones is 1. The number of esters is 1. The Labute approximate surface area is 153 Å². The summed E-state index contributed by atoms with van der Waals surface area (Å²) in [7, 11) is 0. The van der Waals surface area contributed by atoms with Crippen LogP contribution in [0.15, 0.2) is 36.4 Å². The number of fused-ring (bicyclic) bond motifs is 1. The fourth-order valence-electron chi connectivity index (χ4n) is 2.54. The first kappa shape index (κ1) is 17.5. The summed E-state index contributed by atoms with van der Waals surface area (Å²) in [5.74, 6) is -1.54. The van der Waals surface area contributed by atoms with E-state index in [2.05, 4.69) is 5.32 Å². The zero-order chi connectivity index (χ0) is 18.1. The first-order valence-electron chi connectivity index (χ1n) is 7.47. The van der Waals surface area contributed by atoms with Crippen molar-refractivity contribution in [3.63, 3.8) is 0 Å². The molecule has 7 heteroatoms. The van der Waals surface area contributed by atoms with Gasteiger partial charge in [0.1, 0.15) is 0 Å². The van der Waals surface area contributed by atoms with E-state index >= 15 is 0 Å². The molecule has 0 fully saturated rings. The van der Waals surface area contributed by atoms with E-state index in [1.165, 1.54) is 12.1 Å². The lowest BCUT2D eigenvalue weighted by molar-refractivity contribution is -0.116. The van der Waals surface area contributed by atoms with Gasteiger partial charge in [-0.3, -0.25) is 9.59 Å². The van der Waals surface area contributed by atoms with E-state index in [0.717, 1.165) is 5.56 Å². The largest absolute Gasteiger partial charge is 0.454 e. The summed E-state index contributed by atoms with van der Waals surface area (Å²) in [6, 6.07) is 9.30. The van der Waals surface area contributed by atoms with Crippen LogP contribution in [0.5, 0.6) is 0 Å². The maximum absolute atomic E-state index is 12.3. The number of hydrogen-bond acceptors (Lipinski definition) is 4. The second-order valence-electron chi connectivity index (χ2n) is 5.64. The number of hydrogen-bond donors (Lipinski definition) is 1. The topological polar surface area (TPSA) is 72.5 Å². The van der Waals surface area contributed by atoms with Gasteiger partial charge in [0.25, 0.3) is 0 Å². The second kappa shape index (κ2) is 6.86. The molecule has 128 valence electrons. The molecule has 2 aromatic carbocycles. The molecule has 0 aliphatic carbocycles. The smallest absolute Gasteiger partial charge is 0.340 e. The van der Waals surface area contributed by atoms with Gasteiger partial charge in [-0.15, -0.1) is 0 Å². The Kier molecular flexibility index (Phi) is 4.79. The van der Waals surface area contributed by atoms with Gasteiger partial charge in [0, 0.05) is 16.3 Å². The Morgan fingerprint density at radius 2 is 1.92 bits per heavy atom. The molecule has 1 aliphatic heterocycles. The van der Waals surface area contributed by atoms with Crippen LogP contribution in [0.25, 0.3) is 0 Å². The van der Waals surface area contributed by atoms with Crippen molar-refractivity contribution in [2.24, 2.45) is 0 Å². The van der Waals surface area contributed by atoms with Crippen LogP contribution in [-0.4, -0.2) is 24.3 Å². The van der Waals surface area contributed by atoms with Gasteiger partial charge in [0.2, 0.25) is 5.91 Å². The van der Waals surface area contributed by atoms with Crippen molar-refractivity contribution in [2.75, 3.05) is 11.9 Å². The van der Waals surface area contributed by atoms with Crippen molar-refractivity contribution < 1.29 is 19.1 Å². The molecule has 1 heterocycles. The maximum Gasteiger partial charge on any atom is 0.340 e. The molecule has 0 saturated carbocycles. The highest BCUT2D eigenvalue weighted by atomic mass is 35.5. The molecular weight excluding hydrogens is 365 g/mol. The predicted octanol–water partition coefficient (Wildman–Crippen LogP) is 4.09. The quantitative estimate of drug-likeness (QED) is 0.643. The molecule has 0 bridgehead atoms. The third-order valence-corrected chi connectivity index (χ3v) is 4.54. The standard InChI is InChI=1S/C18H13Cl2NO4/c1-9-12-6-10(2-5-15(12)21-17(9)23)16(22)8-25-18(24)13-7-11(19)3-4-14(13)20/h2-7,9H,8H2,1H3,(H,21,23)/t9-/m1/s1. The van der Waals surface area contributed by atoms with Crippen LogP contribution < -0.4 is 5.32 Å². The van der Waals surface area contributed by atoms with Crippen LogP contribution in [0.2, 0.25) is 10.0 Å². The fraction of sp³-hybridized carbons (Fsp3) is 0.167. The molecule has 1 amide bonds. The molecule has 0 unspecified atom stereocenters. The molecule has 0 aromatic heterocycles. The third-order valence-electron chi connectivity index (χ3n) is 3.97. The number of rotatable bonds is 4. The van der Waals surface area contributed by atoms with Crippen LogP contribution >= 0.6 is 23.2 Å².